The Morgan fingerprint density at radius 3 is 2.80 bits per heavy atom. The molecule has 1 atom stereocenters. The van der Waals surface area contributed by atoms with Crippen molar-refractivity contribution in [3.05, 3.63) is 52.2 Å². The quantitative estimate of drug-likeness (QED) is 0.893. The molecule has 1 aliphatic rings. The number of hydrogen-bond acceptors (Lipinski definition) is 3. The number of para-hydroxylation sites is 1. The molecule has 2 aromatic rings. The van der Waals surface area contributed by atoms with Crippen LogP contribution in [0.3, 0.4) is 0 Å². The van der Waals surface area contributed by atoms with Crippen LogP contribution in [-0.2, 0) is 11.8 Å². The maximum absolute atomic E-state index is 12.3. The molecular formula is C15H19N3O2. The number of ether oxygens (including phenoxy) is 1. The third kappa shape index (κ3) is 2.19. The van der Waals surface area contributed by atoms with Crippen LogP contribution in [-0.4, -0.2) is 28.8 Å². The topological polar surface area (TPSA) is 48.2 Å². The summed E-state index contributed by atoms with van der Waals surface area (Å²) in [5.74, 6) is 0. The summed E-state index contributed by atoms with van der Waals surface area (Å²) in [5.41, 5.74) is 2.85. The highest BCUT2D eigenvalue weighted by molar-refractivity contribution is 5.44. The second kappa shape index (κ2) is 5.26. The van der Waals surface area contributed by atoms with E-state index in [0.717, 1.165) is 30.0 Å². The van der Waals surface area contributed by atoms with E-state index in [1.54, 1.807) is 16.2 Å². The van der Waals surface area contributed by atoms with Gasteiger partial charge in [0.1, 0.15) is 0 Å². The zero-order valence-electron chi connectivity index (χ0n) is 11.8. The van der Waals surface area contributed by atoms with Gasteiger partial charge in [0.05, 0.1) is 18.4 Å². The van der Waals surface area contributed by atoms with Crippen LogP contribution in [0.25, 0.3) is 5.69 Å². The van der Waals surface area contributed by atoms with Crippen LogP contribution < -0.4 is 11.0 Å². The molecule has 0 aliphatic carbocycles. The van der Waals surface area contributed by atoms with Gasteiger partial charge in [-0.15, -0.1) is 0 Å². The maximum atomic E-state index is 12.3. The van der Waals surface area contributed by atoms with Crippen LogP contribution >= 0.6 is 0 Å². The molecular weight excluding hydrogens is 254 g/mol. The number of nitrogens with one attached hydrogen (secondary N) is 1. The van der Waals surface area contributed by atoms with Crippen LogP contribution in [0.2, 0.25) is 0 Å². The van der Waals surface area contributed by atoms with Crippen molar-refractivity contribution in [3.8, 4) is 5.69 Å². The third-order valence-electron chi connectivity index (χ3n) is 3.68. The Balaban J connectivity index is 2.12. The number of rotatable bonds is 2. The molecule has 5 heteroatoms. The predicted octanol–water partition coefficient (Wildman–Crippen LogP) is 1.15. The fourth-order valence-corrected chi connectivity index (χ4v) is 2.72. The van der Waals surface area contributed by atoms with Gasteiger partial charge < -0.3 is 14.6 Å². The van der Waals surface area contributed by atoms with Gasteiger partial charge >= 0.3 is 5.69 Å². The number of aryl methyl sites for hydroxylation is 2. The number of nitrogens with zero attached hydrogens (tertiary/aromatic N) is 2. The average molecular weight is 273 g/mol. The van der Waals surface area contributed by atoms with Gasteiger partial charge in [-0.1, -0.05) is 18.2 Å². The lowest BCUT2D eigenvalue weighted by Gasteiger charge is -2.26. The molecule has 0 saturated carbocycles. The Morgan fingerprint density at radius 1 is 1.35 bits per heavy atom. The average Bonchev–Trinajstić information content (AvgIpc) is 2.73. The largest absolute Gasteiger partial charge is 0.371 e. The Hall–Kier alpha value is -1.85. The smallest absolute Gasteiger partial charge is 0.332 e. The minimum Gasteiger partial charge on any atom is -0.371 e. The fourth-order valence-electron chi connectivity index (χ4n) is 2.72. The number of morpholine rings is 1. The molecule has 3 rings (SSSR count). The number of imidazole rings is 1. The Labute approximate surface area is 117 Å². The number of benzene rings is 1. The van der Waals surface area contributed by atoms with Gasteiger partial charge in [-0.25, -0.2) is 4.79 Å². The highest BCUT2D eigenvalue weighted by Crippen LogP contribution is 2.25. The summed E-state index contributed by atoms with van der Waals surface area (Å²) >= 11 is 0. The van der Waals surface area contributed by atoms with Crippen molar-refractivity contribution >= 4 is 0 Å². The fraction of sp³-hybridized carbons (Fsp3) is 0.400. The number of hydrogen-bond donors (Lipinski definition) is 1. The first-order valence-electron chi connectivity index (χ1n) is 6.85. The van der Waals surface area contributed by atoms with E-state index in [1.165, 1.54) is 0 Å². The van der Waals surface area contributed by atoms with E-state index in [-0.39, 0.29) is 11.8 Å². The lowest BCUT2D eigenvalue weighted by Crippen LogP contribution is -2.34. The summed E-state index contributed by atoms with van der Waals surface area (Å²) in [6, 6.07) is 7.95. The number of aromatic nitrogens is 2. The summed E-state index contributed by atoms with van der Waals surface area (Å²) in [5, 5.41) is 3.33. The Bertz CT molecular complexity index is 666. The van der Waals surface area contributed by atoms with Crippen molar-refractivity contribution in [1.82, 2.24) is 14.5 Å². The van der Waals surface area contributed by atoms with Gasteiger partial charge in [-0.05, 0) is 13.0 Å². The molecule has 1 aromatic heterocycles. The molecule has 106 valence electrons. The van der Waals surface area contributed by atoms with E-state index >= 15 is 0 Å². The maximum Gasteiger partial charge on any atom is 0.332 e. The molecule has 1 fully saturated rings. The van der Waals surface area contributed by atoms with Crippen LogP contribution in [0.1, 0.15) is 17.4 Å². The molecule has 0 spiro atoms. The highest BCUT2D eigenvalue weighted by atomic mass is 16.5. The Kier molecular flexibility index (Phi) is 3.46. The lowest BCUT2D eigenvalue weighted by molar-refractivity contribution is 0.0276. The molecule has 20 heavy (non-hydrogen) atoms. The van der Waals surface area contributed by atoms with Crippen molar-refractivity contribution < 1.29 is 4.74 Å². The van der Waals surface area contributed by atoms with E-state index in [2.05, 4.69) is 5.32 Å². The van der Waals surface area contributed by atoms with E-state index in [9.17, 15) is 4.79 Å². The predicted molar refractivity (Wildman–Crippen MR) is 77.3 cm³/mol. The monoisotopic (exact) mass is 273 g/mol. The molecule has 1 aromatic carbocycles. The van der Waals surface area contributed by atoms with Gasteiger partial charge in [-0.2, -0.15) is 0 Å². The third-order valence-corrected chi connectivity index (χ3v) is 3.68. The standard InChI is InChI=1S/C15H19N3O2/c1-11-10-17(2)15(19)18(11)13-6-4-3-5-12(13)14-9-16-7-8-20-14/h3-6,10,14,16H,7-9H2,1-2H3. The van der Waals surface area contributed by atoms with Gasteiger partial charge in [0.25, 0.3) is 0 Å². The van der Waals surface area contributed by atoms with Gasteiger partial charge in [0, 0.05) is 37.6 Å². The Morgan fingerprint density at radius 2 is 2.15 bits per heavy atom. The van der Waals surface area contributed by atoms with Crippen LogP contribution in [0.4, 0.5) is 0 Å². The van der Waals surface area contributed by atoms with Crippen molar-refractivity contribution in [3.63, 3.8) is 0 Å². The summed E-state index contributed by atoms with van der Waals surface area (Å²) in [4.78, 5) is 12.3. The van der Waals surface area contributed by atoms with E-state index < -0.39 is 0 Å². The summed E-state index contributed by atoms with van der Waals surface area (Å²) < 4.78 is 9.17. The minimum atomic E-state index is -0.0290. The zero-order chi connectivity index (χ0) is 14.1. The molecule has 1 saturated heterocycles. The molecule has 0 amide bonds. The van der Waals surface area contributed by atoms with E-state index in [0.29, 0.717) is 6.61 Å². The lowest BCUT2D eigenvalue weighted by atomic mass is 10.1. The van der Waals surface area contributed by atoms with Crippen LogP contribution in [0.15, 0.2) is 35.3 Å². The molecule has 5 nitrogen and oxygen atoms in total. The first-order chi connectivity index (χ1) is 9.68. The molecule has 1 aliphatic heterocycles. The molecule has 0 bridgehead atoms. The highest BCUT2D eigenvalue weighted by Gasteiger charge is 2.21. The van der Waals surface area contributed by atoms with E-state index in [1.807, 2.05) is 37.4 Å². The van der Waals surface area contributed by atoms with Gasteiger partial charge in [0.2, 0.25) is 0 Å². The van der Waals surface area contributed by atoms with Crippen molar-refractivity contribution in [2.24, 2.45) is 7.05 Å². The van der Waals surface area contributed by atoms with Gasteiger partial charge in [-0.3, -0.25) is 4.57 Å². The summed E-state index contributed by atoms with van der Waals surface area (Å²) in [7, 11) is 1.77. The van der Waals surface area contributed by atoms with Gasteiger partial charge in [0.15, 0.2) is 0 Å². The first kappa shape index (κ1) is 13.1. The second-order valence-corrected chi connectivity index (χ2v) is 5.12. The summed E-state index contributed by atoms with van der Waals surface area (Å²) in [6.45, 7) is 4.29. The summed E-state index contributed by atoms with van der Waals surface area (Å²) in [6.07, 6.45) is 1.84. The second-order valence-electron chi connectivity index (χ2n) is 5.12. The van der Waals surface area contributed by atoms with Crippen molar-refractivity contribution in [1.29, 1.82) is 0 Å². The van der Waals surface area contributed by atoms with Crippen molar-refractivity contribution in [2.45, 2.75) is 13.0 Å². The first-order valence-corrected chi connectivity index (χ1v) is 6.85. The van der Waals surface area contributed by atoms with Crippen molar-refractivity contribution in [2.75, 3.05) is 19.7 Å². The van der Waals surface area contributed by atoms with Crippen LogP contribution in [0.5, 0.6) is 0 Å². The van der Waals surface area contributed by atoms with Crippen LogP contribution in [0, 0.1) is 6.92 Å². The van der Waals surface area contributed by atoms with E-state index in [4.69, 9.17) is 4.74 Å². The molecule has 0 radical (unpaired) electrons. The molecule has 2 heterocycles. The molecule has 1 N–H and O–H groups in total. The SMILES string of the molecule is Cc1cn(C)c(=O)n1-c1ccccc1C1CNCCO1. The minimum absolute atomic E-state index is 0.00791. The normalized spacial score (nSPS) is 19.2. The molecule has 1 unspecified atom stereocenters. The zero-order valence-corrected chi connectivity index (χ0v) is 11.8.